The van der Waals surface area contributed by atoms with Crippen LogP contribution in [0.5, 0.6) is 5.75 Å². The third-order valence-corrected chi connectivity index (χ3v) is 3.19. The van der Waals surface area contributed by atoms with Crippen molar-refractivity contribution >= 4 is 6.21 Å². The first-order chi connectivity index (χ1) is 9.81. The van der Waals surface area contributed by atoms with Crippen molar-refractivity contribution in [3.63, 3.8) is 0 Å². The topological polar surface area (TPSA) is 71.2 Å². The van der Waals surface area contributed by atoms with Crippen molar-refractivity contribution in [2.24, 2.45) is 4.99 Å². The molecule has 0 unspecified atom stereocenters. The molecule has 98 valence electrons. The number of aliphatic imine (C=N–C) groups is 1. The van der Waals surface area contributed by atoms with Gasteiger partial charge in [-0.05, 0) is 18.2 Å². The van der Waals surface area contributed by atoms with E-state index in [1.165, 1.54) is 0 Å². The van der Waals surface area contributed by atoms with Gasteiger partial charge < -0.3 is 4.74 Å². The molecule has 0 bridgehead atoms. The molecule has 0 saturated heterocycles. The Kier molecular flexibility index (Phi) is 3.13. The second-order valence-electron chi connectivity index (χ2n) is 4.41. The van der Waals surface area contributed by atoms with Crippen molar-refractivity contribution in [3.05, 3.63) is 41.2 Å². The Labute approximate surface area is 116 Å². The van der Waals surface area contributed by atoms with Crippen LogP contribution < -0.4 is 4.74 Å². The maximum absolute atomic E-state index is 8.99. The predicted molar refractivity (Wildman–Crippen MR) is 74.9 cm³/mol. The number of ether oxygens (including phenoxy) is 1. The molecule has 1 aromatic carbocycles. The number of nitrogens with zero attached hydrogens (tertiary/aromatic N) is 4. The Morgan fingerprint density at radius 1 is 1.35 bits per heavy atom. The molecule has 2 heterocycles. The summed E-state index contributed by atoms with van der Waals surface area (Å²) < 4.78 is 5.21. The van der Waals surface area contributed by atoms with E-state index >= 15 is 0 Å². The average molecular weight is 264 g/mol. The zero-order valence-electron chi connectivity index (χ0n) is 11.0. The van der Waals surface area contributed by atoms with Crippen molar-refractivity contribution in [1.29, 1.82) is 5.26 Å². The number of methoxy groups -OCH3 is 1. The second-order valence-corrected chi connectivity index (χ2v) is 4.41. The van der Waals surface area contributed by atoms with Gasteiger partial charge in [-0.2, -0.15) is 5.26 Å². The number of rotatable bonds is 2. The van der Waals surface area contributed by atoms with E-state index in [9.17, 15) is 0 Å². The van der Waals surface area contributed by atoms with E-state index in [1.807, 2.05) is 12.3 Å². The van der Waals surface area contributed by atoms with Gasteiger partial charge in [0.1, 0.15) is 11.8 Å². The number of benzene rings is 1. The summed E-state index contributed by atoms with van der Waals surface area (Å²) in [5.41, 5.74) is 3.32. The Hall–Kier alpha value is -2.74. The maximum atomic E-state index is 8.99. The van der Waals surface area contributed by atoms with E-state index < -0.39 is 0 Å². The van der Waals surface area contributed by atoms with Crippen LogP contribution >= 0.6 is 0 Å². The van der Waals surface area contributed by atoms with Gasteiger partial charge in [0, 0.05) is 36.5 Å². The van der Waals surface area contributed by atoms with Crippen LogP contribution in [0.1, 0.15) is 16.8 Å². The maximum Gasteiger partial charge on any atom is 0.159 e. The van der Waals surface area contributed by atoms with Crippen LogP contribution in [-0.2, 0) is 6.42 Å². The van der Waals surface area contributed by atoms with Gasteiger partial charge >= 0.3 is 0 Å². The third kappa shape index (κ3) is 2.12. The highest BCUT2D eigenvalue weighted by Crippen LogP contribution is 2.25. The molecular weight excluding hydrogens is 252 g/mol. The molecule has 1 aromatic heterocycles. The number of nitriles is 1. The Balaban J connectivity index is 2.05. The van der Waals surface area contributed by atoms with Crippen LogP contribution in [0, 0.1) is 11.3 Å². The van der Waals surface area contributed by atoms with Crippen LogP contribution in [0.3, 0.4) is 0 Å². The van der Waals surface area contributed by atoms with Crippen LogP contribution in [0.2, 0.25) is 0 Å². The largest absolute Gasteiger partial charge is 0.495 e. The minimum atomic E-state index is 0.501. The molecule has 0 fully saturated rings. The van der Waals surface area contributed by atoms with Gasteiger partial charge in [-0.3, -0.25) is 4.99 Å². The summed E-state index contributed by atoms with van der Waals surface area (Å²) in [7, 11) is 1.55. The zero-order chi connectivity index (χ0) is 13.9. The molecule has 0 atom stereocenters. The molecular formula is C15H12N4O. The van der Waals surface area contributed by atoms with E-state index in [1.54, 1.807) is 25.4 Å². The molecule has 0 spiro atoms. The quantitative estimate of drug-likeness (QED) is 0.831. The van der Waals surface area contributed by atoms with E-state index in [4.69, 9.17) is 10.00 Å². The summed E-state index contributed by atoms with van der Waals surface area (Å²) >= 11 is 0. The Morgan fingerprint density at radius 3 is 3.05 bits per heavy atom. The SMILES string of the molecule is COc1cc(-c2ncc3c(n2)CCN=C3)ccc1C#N. The van der Waals surface area contributed by atoms with Gasteiger partial charge in [0.25, 0.3) is 0 Å². The minimum absolute atomic E-state index is 0.501. The lowest BCUT2D eigenvalue weighted by molar-refractivity contribution is 0.413. The lowest BCUT2D eigenvalue weighted by Gasteiger charge is -2.10. The van der Waals surface area contributed by atoms with Crippen molar-refractivity contribution < 1.29 is 4.74 Å². The zero-order valence-corrected chi connectivity index (χ0v) is 11.0. The smallest absolute Gasteiger partial charge is 0.159 e. The lowest BCUT2D eigenvalue weighted by Crippen LogP contribution is -2.07. The number of hydrogen-bond donors (Lipinski definition) is 0. The summed E-state index contributed by atoms with van der Waals surface area (Å²) in [6, 6.07) is 7.43. The normalized spacial score (nSPS) is 12.6. The van der Waals surface area contributed by atoms with Crippen molar-refractivity contribution in [2.75, 3.05) is 13.7 Å². The van der Waals surface area contributed by atoms with Crippen LogP contribution in [0.15, 0.2) is 29.4 Å². The summed E-state index contributed by atoms with van der Waals surface area (Å²) in [6.07, 6.45) is 4.42. The molecule has 1 aliphatic rings. The number of fused-ring (bicyclic) bond motifs is 1. The molecule has 0 amide bonds. The first kappa shape index (κ1) is 12.3. The standard InChI is InChI=1S/C15H12N4O/c1-20-14-6-10(2-3-11(14)7-16)15-18-9-12-8-17-5-4-13(12)19-15/h2-3,6,8-9H,4-5H2,1H3. The van der Waals surface area contributed by atoms with Crippen LogP contribution in [0.4, 0.5) is 0 Å². The van der Waals surface area contributed by atoms with Gasteiger partial charge in [0.15, 0.2) is 5.82 Å². The fourth-order valence-electron chi connectivity index (χ4n) is 2.13. The molecule has 2 aromatic rings. The molecule has 5 nitrogen and oxygen atoms in total. The second kappa shape index (κ2) is 5.10. The van der Waals surface area contributed by atoms with E-state index in [0.29, 0.717) is 17.1 Å². The summed E-state index contributed by atoms with van der Waals surface area (Å²) in [5.74, 6) is 1.18. The van der Waals surface area contributed by atoms with E-state index in [-0.39, 0.29) is 0 Å². The monoisotopic (exact) mass is 264 g/mol. The highest BCUT2D eigenvalue weighted by Gasteiger charge is 2.12. The minimum Gasteiger partial charge on any atom is -0.495 e. The molecule has 3 rings (SSSR count). The third-order valence-electron chi connectivity index (χ3n) is 3.19. The van der Waals surface area contributed by atoms with Gasteiger partial charge in [-0.1, -0.05) is 0 Å². The van der Waals surface area contributed by atoms with Gasteiger partial charge in [0.05, 0.1) is 18.4 Å². The summed E-state index contributed by atoms with van der Waals surface area (Å²) in [6.45, 7) is 0.764. The molecule has 5 heteroatoms. The van der Waals surface area contributed by atoms with Crippen LogP contribution in [0.25, 0.3) is 11.4 Å². The predicted octanol–water partition coefficient (Wildman–Crippen LogP) is 2.00. The summed E-state index contributed by atoms with van der Waals surface area (Å²) in [4.78, 5) is 13.1. The first-order valence-corrected chi connectivity index (χ1v) is 6.26. The molecule has 0 radical (unpaired) electrons. The van der Waals surface area contributed by atoms with Gasteiger partial charge in [-0.25, -0.2) is 9.97 Å². The van der Waals surface area contributed by atoms with E-state index in [2.05, 4.69) is 21.0 Å². The lowest BCUT2D eigenvalue weighted by atomic mass is 10.1. The fraction of sp³-hybridized carbons (Fsp3) is 0.200. The highest BCUT2D eigenvalue weighted by atomic mass is 16.5. The fourth-order valence-corrected chi connectivity index (χ4v) is 2.13. The van der Waals surface area contributed by atoms with Gasteiger partial charge in [0.2, 0.25) is 0 Å². The molecule has 0 saturated carbocycles. The molecule has 1 aliphatic heterocycles. The molecule has 0 aliphatic carbocycles. The van der Waals surface area contributed by atoms with Crippen molar-refractivity contribution in [1.82, 2.24) is 9.97 Å². The van der Waals surface area contributed by atoms with Gasteiger partial charge in [-0.15, -0.1) is 0 Å². The number of hydrogen-bond acceptors (Lipinski definition) is 5. The van der Waals surface area contributed by atoms with Crippen molar-refractivity contribution in [3.8, 4) is 23.2 Å². The average Bonchev–Trinajstić information content (AvgIpc) is 2.53. The highest BCUT2D eigenvalue weighted by molar-refractivity contribution is 5.82. The first-order valence-electron chi connectivity index (χ1n) is 6.26. The Bertz CT molecular complexity index is 731. The Morgan fingerprint density at radius 2 is 2.25 bits per heavy atom. The van der Waals surface area contributed by atoms with Crippen molar-refractivity contribution in [2.45, 2.75) is 6.42 Å². The van der Waals surface area contributed by atoms with E-state index in [0.717, 1.165) is 29.8 Å². The summed E-state index contributed by atoms with van der Waals surface area (Å²) in [5, 5.41) is 8.99. The van der Waals surface area contributed by atoms with Crippen LogP contribution in [-0.4, -0.2) is 29.8 Å². The molecule has 20 heavy (non-hydrogen) atoms. The molecule has 0 N–H and O–H groups in total. The number of aromatic nitrogens is 2.